The summed E-state index contributed by atoms with van der Waals surface area (Å²) in [4.78, 5) is 26.8. The molecule has 2 aliphatic heterocycles. The number of aryl methyl sites for hydroxylation is 2. The highest BCUT2D eigenvalue weighted by Crippen LogP contribution is 2.36. The van der Waals surface area contributed by atoms with Crippen LogP contribution in [0.3, 0.4) is 0 Å². The van der Waals surface area contributed by atoms with E-state index in [1.165, 1.54) is 47.9 Å². The molecular formula is C32H32FN3O6S. The number of carbonyl (C=O) groups excluding carboxylic acids is 2. The average Bonchev–Trinajstić information content (AvgIpc) is 3.16. The summed E-state index contributed by atoms with van der Waals surface area (Å²) in [6.45, 7) is 4.56. The van der Waals surface area contributed by atoms with Crippen molar-refractivity contribution in [3.63, 3.8) is 0 Å². The van der Waals surface area contributed by atoms with Crippen molar-refractivity contribution in [2.75, 3.05) is 19.7 Å². The first kappa shape index (κ1) is 30.2. The number of nitrogens with one attached hydrogen (secondary N) is 2. The third-order valence-electron chi connectivity index (χ3n) is 7.80. The lowest BCUT2D eigenvalue weighted by Gasteiger charge is -2.36. The lowest BCUT2D eigenvalue weighted by Crippen LogP contribution is -2.54. The Balaban J connectivity index is 1.38. The molecule has 0 aromatic heterocycles. The molecular weight excluding hydrogens is 573 g/mol. The number of ether oxygens (including phenoxy) is 1. The number of hydrogen-bond acceptors (Lipinski definition) is 7. The number of rotatable bonds is 8. The van der Waals surface area contributed by atoms with E-state index in [0.717, 1.165) is 21.0 Å². The molecule has 2 aliphatic rings. The number of hydroxylamine groups is 1. The molecule has 3 aromatic carbocycles. The van der Waals surface area contributed by atoms with E-state index in [1.54, 1.807) is 6.07 Å². The molecule has 11 heteroatoms. The minimum absolute atomic E-state index is 0.0615. The van der Waals surface area contributed by atoms with Gasteiger partial charge < -0.3 is 10.1 Å². The molecule has 1 amide bonds. The van der Waals surface area contributed by atoms with Crippen LogP contribution in [0, 0.1) is 31.8 Å². The predicted octanol–water partition coefficient (Wildman–Crippen LogP) is 3.53. The lowest BCUT2D eigenvalue weighted by molar-refractivity contribution is -0.133. The molecule has 0 spiro atoms. The maximum Gasteiger partial charge on any atom is 0.266 e. The first-order valence-electron chi connectivity index (χ1n) is 14.0. The number of carbonyl (C=O) groups is 2. The summed E-state index contributed by atoms with van der Waals surface area (Å²) in [6, 6.07) is 18.0. The Kier molecular flexibility index (Phi) is 8.82. The Bertz CT molecular complexity index is 1670. The van der Waals surface area contributed by atoms with Gasteiger partial charge in [0.1, 0.15) is 17.6 Å². The van der Waals surface area contributed by atoms with Gasteiger partial charge in [0.2, 0.25) is 10.0 Å². The van der Waals surface area contributed by atoms with Crippen molar-refractivity contribution in [1.82, 2.24) is 15.1 Å². The van der Waals surface area contributed by atoms with Crippen LogP contribution in [0.1, 0.15) is 41.0 Å². The van der Waals surface area contributed by atoms with Crippen LogP contribution in [0.2, 0.25) is 0 Å². The molecule has 5 rings (SSSR count). The van der Waals surface area contributed by atoms with Crippen molar-refractivity contribution in [3.05, 3.63) is 106 Å². The molecule has 224 valence electrons. The van der Waals surface area contributed by atoms with E-state index in [0.29, 0.717) is 43.0 Å². The van der Waals surface area contributed by atoms with E-state index in [2.05, 4.69) is 17.4 Å². The average molecular weight is 606 g/mol. The van der Waals surface area contributed by atoms with E-state index in [-0.39, 0.29) is 23.4 Å². The van der Waals surface area contributed by atoms with E-state index < -0.39 is 39.5 Å². The van der Waals surface area contributed by atoms with E-state index in [1.807, 2.05) is 19.9 Å². The molecule has 0 aliphatic carbocycles. The van der Waals surface area contributed by atoms with Gasteiger partial charge in [-0.2, -0.15) is 4.31 Å². The quantitative estimate of drug-likeness (QED) is 0.265. The monoisotopic (exact) mass is 605 g/mol. The first-order chi connectivity index (χ1) is 20.6. The van der Waals surface area contributed by atoms with Crippen LogP contribution in [0.25, 0.3) is 0 Å². The molecule has 2 heterocycles. The summed E-state index contributed by atoms with van der Waals surface area (Å²) < 4.78 is 48.5. The van der Waals surface area contributed by atoms with Crippen LogP contribution < -0.4 is 15.5 Å². The standard InChI is InChI=1S/C32H32FN3O6S/c1-20-6-7-22(21(2)18-20)14-17-42-25-8-10-26(11-9-25)43(40,41)36-16-13-28-29(30(36)32(38)35-39)31(37)27(12-15-34-28)23-4-3-5-24(33)19-23/h3-5,8-11,18-19,27,30,34,39H,12-17H2,1-2H3,(H,35,38). The van der Waals surface area contributed by atoms with Gasteiger partial charge in [-0.05, 0) is 79.4 Å². The number of sulfonamides is 1. The molecule has 2 unspecified atom stereocenters. The Morgan fingerprint density at radius 2 is 1.93 bits per heavy atom. The summed E-state index contributed by atoms with van der Waals surface area (Å²) >= 11 is 0. The zero-order chi connectivity index (χ0) is 30.7. The molecule has 3 N–H and O–H groups in total. The maximum atomic E-state index is 14.0. The van der Waals surface area contributed by atoms with Crippen molar-refractivity contribution < 1.29 is 32.3 Å². The molecule has 2 atom stereocenters. The Labute approximate surface area is 250 Å². The van der Waals surface area contributed by atoms with Crippen LogP contribution >= 0.6 is 0 Å². The van der Waals surface area contributed by atoms with Crippen LogP contribution in [0.4, 0.5) is 4.39 Å². The molecule has 3 aromatic rings. The third-order valence-corrected chi connectivity index (χ3v) is 9.68. The predicted molar refractivity (Wildman–Crippen MR) is 155 cm³/mol. The number of nitrogens with zero attached hydrogens (tertiary/aromatic N) is 1. The number of amides is 1. The van der Waals surface area contributed by atoms with Crippen LogP contribution in [-0.4, -0.2) is 55.4 Å². The van der Waals surface area contributed by atoms with Gasteiger partial charge in [0.05, 0.1) is 11.5 Å². The van der Waals surface area contributed by atoms with Gasteiger partial charge in [-0.3, -0.25) is 14.8 Å². The first-order valence-corrected chi connectivity index (χ1v) is 15.4. The van der Waals surface area contributed by atoms with Crippen molar-refractivity contribution in [2.45, 2.75) is 50.0 Å². The minimum atomic E-state index is -4.31. The maximum absolute atomic E-state index is 14.0. The number of benzene rings is 2. The fourth-order valence-corrected chi connectivity index (χ4v) is 7.23. The third kappa shape index (κ3) is 6.27. The molecule has 9 nitrogen and oxygen atoms in total. The Morgan fingerprint density at radius 1 is 1.16 bits per heavy atom. The smallest absolute Gasteiger partial charge is 0.266 e. The van der Waals surface area contributed by atoms with Crippen molar-refractivity contribution in [1.29, 1.82) is 0 Å². The number of Topliss-reactive ketones (excluding diaryl/α,β-unsaturated/α-hetero) is 1. The zero-order valence-electron chi connectivity index (χ0n) is 23.8. The highest BCUT2D eigenvalue weighted by atomic mass is 32.2. The molecule has 0 saturated heterocycles. The summed E-state index contributed by atoms with van der Waals surface area (Å²) in [5.74, 6) is -2.42. The van der Waals surface area contributed by atoms with Gasteiger partial charge in [0, 0.05) is 48.7 Å². The van der Waals surface area contributed by atoms with Gasteiger partial charge in [0.25, 0.3) is 5.91 Å². The SMILES string of the molecule is Cc1c#cc(CCOc2ccc(S(=O)(=O)N3CCC4=C(C(=O)C(c5cccc(F)c5)CCN4)C3C(=O)NO)cc2)c(C)c1. The van der Waals surface area contributed by atoms with Crippen LogP contribution in [-0.2, 0) is 26.0 Å². The number of hydrogen-bond donors (Lipinski definition) is 3. The normalized spacial score (nSPS) is 19.1. The van der Waals surface area contributed by atoms with E-state index >= 15 is 0 Å². The summed E-state index contributed by atoms with van der Waals surface area (Å²) in [7, 11) is -4.31. The summed E-state index contributed by atoms with van der Waals surface area (Å²) in [6.07, 6.45) is 1.07. The Morgan fingerprint density at radius 3 is 2.63 bits per heavy atom. The second-order valence-electron chi connectivity index (χ2n) is 10.6. The fourth-order valence-electron chi connectivity index (χ4n) is 5.67. The van der Waals surface area contributed by atoms with Gasteiger partial charge >= 0.3 is 0 Å². The van der Waals surface area contributed by atoms with Gasteiger partial charge in [-0.1, -0.05) is 24.3 Å². The second-order valence-corrected chi connectivity index (χ2v) is 12.5. The molecule has 0 saturated carbocycles. The van der Waals surface area contributed by atoms with Crippen LogP contribution in [0.5, 0.6) is 5.75 Å². The van der Waals surface area contributed by atoms with E-state index in [4.69, 9.17) is 4.74 Å². The van der Waals surface area contributed by atoms with Gasteiger partial charge in [0.15, 0.2) is 5.78 Å². The largest absolute Gasteiger partial charge is 0.493 e. The zero-order valence-corrected chi connectivity index (χ0v) is 24.6. The topological polar surface area (TPSA) is 125 Å². The highest BCUT2D eigenvalue weighted by Gasteiger charge is 2.46. The Hall–Kier alpha value is -4.24. The molecule has 0 radical (unpaired) electrons. The fraction of sp³-hybridized carbons (Fsp3) is 0.312. The van der Waals surface area contributed by atoms with Crippen molar-refractivity contribution in [3.8, 4) is 5.75 Å². The van der Waals surface area contributed by atoms with Crippen LogP contribution in [0.15, 0.2) is 70.8 Å². The minimum Gasteiger partial charge on any atom is -0.493 e. The number of ketones is 1. The second kappa shape index (κ2) is 12.6. The molecule has 0 bridgehead atoms. The van der Waals surface area contributed by atoms with Gasteiger partial charge in [-0.25, -0.2) is 18.3 Å². The molecule has 0 fully saturated rings. The van der Waals surface area contributed by atoms with Crippen molar-refractivity contribution in [2.24, 2.45) is 0 Å². The number of halogens is 1. The van der Waals surface area contributed by atoms with Crippen molar-refractivity contribution >= 4 is 21.7 Å². The summed E-state index contributed by atoms with van der Waals surface area (Å²) in [5, 5.41) is 12.7. The summed E-state index contributed by atoms with van der Waals surface area (Å²) in [5.41, 5.74) is 5.41. The molecule has 43 heavy (non-hydrogen) atoms. The van der Waals surface area contributed by atoms with E-state index in [9.17, 15) is 27.6 Å². The lowest BCUT2D eigenvalue weighted by atomic mass is 9.84. The highest BCUT2D eigenvalue weighted by molar-refractivity contribution is 7.89. The van der Waals surface area contributed by atoms with Gasteiger partial charge in [-0.15, -0.1) is 0 Å².